The average molecular weight is 368 g/mol. The normalized spacial score (nSPS) is 10.3. The molecule has 5 nitrogen and oxygen atoms in total. The quantitative estimate of drug-likeness (QED) is 0.662. The number of halogens is 1. The second-order valence-electron chi connectivity index (χ2n) is 5.70. The third kappa shape index (κ3) is 4.32. The van der Waals surface area contributed by atoms with Gasteiger partial charge in [0.2, 0.25) is 0 Å². The second kappa shape index (κ2) is 7.89. The first-order valence-electron chi connectivity index (χ1n) is 8.00. The smallest absolute Gasteiger partial charge is 0.257 e. The Balaban J connectivity index is 1.68. The van der Waals surface area contributed by atoms with E-state index < -0.39 is 0 Å². The van der Waals surface area contributed by atoms with Crippen molar-refractivity contribution in [1.82, 2.24) is 4.98 Å². The van der Waals surface area contributed by atoms with E-state index in [9.17, 15) is 4.79 Å². The maximum Gasteiger partial charge on any atom is 0.257 e. The minimum Gasteiger partial charge on any atom is -0.497 e. The summed E-state index contributed by atoms with van der Waals surface area (Å²) >= 11 is 5.98. The molecular formula is C20H18ClN3O2. The first-order valence-corrected chi connectivity index (χ1v) is 8.37. The number of nitrogens with one attached hydrogen (secondary N) is 2. The van der Waals surface area contributed by atoms with Crippen LogP contribution >= 0.6 is 11.6 Å². The predicted octanol–water partition coefficient (Wildman–Crippen LogP) is 5.05. The summed E-state index contributed by atoms with van der Waals surface area (Å²) in [5, 5.41) is 6.60. The van der Waals surface area contributed by atoms with Crippen LogP contribution in [0, 0.1) is 6.92 Å². The lowest BCUT2D eigenvalue weighted by molar-refractivity contribution is 0.102. The molecule has 0 unspecified atom stereocenters. The highest BCUT2D eigenvalue weighted by Gasteiger charge is 2.09. The van der Waals surface area contributed by atoms with Crippen LogP contribution in [0.3, 0.4) is 0 Å². The zero-order valence-corrected chi connectivity index (χ0v) is 15.2. The minimum atomic E-state index is -0.237. The molecule has 3 aromatic rings. The van der Waals surface area contributed by atoms with E-state index in [4.69, 9.17) is 16.3 Å². The van der Waals surface area contributed by atoms with Gasteiger partial charge in [0.25, 0.3) is 5.91 Å². The topological polar surface area (TPSA) is 63.2 Å². The number of nitrogens with zero attached hydrogens (tertiary/aromatic N) is 1. The van der Waals surface area contributed by atoms with Gasteiger partial charge in [0.15, 0.2) is 0 Å². The van der Waals surface area contributed by atoms with Crippen LogP contribution < -0.4 is 15.4 Å². The van der Waals surface area contributed by atoms with E-state index in [0.29, 0.717) is 22.1 Å². The molecule has 0 fully saturated rings. The molecule has 0 radical (unpaired) electrons. The number of anilines is 3. The van der Waals surface area contributed by atoms with E-state index in [0.717, 1.165) is 17.0 Å². The van der Waals surface area contributed by atoms with Gasteiger partial charge in [0, 0.05) is 22.6 Å². The van der Waals surface area contributed by atoms with Gasteiger partial charge in [-0.25, -0.2) is 4.98 Å². The number of aromatic nitrogens is 1. The third-order valence-corrected chi connectivity index (χ3v) is 4.07. The fourth-order valence-corrected chi connectivity index (χ4v) is 2.52. The van der Waals surface area contributed by atoms with E-state index >= 15 is 0 Å². The molecule has 3 rings (SSSR count). The van der Waals surface area contributed by atoms with Crippen molar-refractivity contribution >= 4 is 34.7 Å². The zero-order valence-electron chi connectivity index (χ0n) is 14.4. The molecule has 0 aliphatic carbocycles. The Morgan fingerprint density at radius 2 is 1.85 bits per heavy atom. The van der Waals surface area contributed by atoms with Crippen molar-refractivity contribution in [3.63, 3.8) is 0 Å². The highest BCUT2D eigenvalue weighted by molar-refractivity contribution is 6.31. The van der Waals surface area contributed by atoms with Crippen molar-refractivity contribution in [2.24, 2.45) is 0 Å². The van der Waals surface area contributed by atoms with Gasteiger partial charge < -0.3 is 15.4 Å². The van der Waals surface area contributed by atoms with Gasteiger partial charge >= 0.3 is 0 Å². The first kappa shape index (κ1) is 17.8. The van der Waals surface area contributed by atoms with Crippen LogP contribution in [0.4, 0.5) is 17.2 Å². The molecule has 0 saturated heterocycles. The van der Waals surface area contributed by atoms with Gasteiger partial charge in [0.1, 0.15) is 11.6 Å². The Morgan fingerprint density at radius 1 is 1.08 bits per heavy atom. The van der Waals surface area contributed by atoms with E-state index in [1.165, 1.54) is 6.20 Å². The molecule has 1 heterocycles. The molecule has 132 valence electrons. The van der Waals surface area contributed by atoms with Crippen molar-refractivity contribution in [1.29, 1.82) is 0 Å². The molecule has 0 bridgehead atoms. The molecule has 2 N–H and O–H groups in total. The molecule has 1 amide bonds. The summed E-state index contributed by atoms with van der Waals surface area (Å²) in [6, 6.07) is 16.3. The molecular weight excluding hydrogens is 350 g/mol. The summed E-state index contributed by atoms with van der Waals surface area (Å²) in [7, 11) is 1.62. The lowest BCUT2D eigenvalue weighted by Crippen LogP contribution is -2.13. The van der Waals surface area contributed by atoms with Crippen molar-refractivity contribution < 1.29 is 9.53 Å². The van der Waals surface area contributed by atoms with Crippen LogP contribution in [0.15, 0.2) is 60.8 Å². The second-order valence-corrected chi connectivity index (χ2v) is 6.14. The van der Waals surface area contributed by atoms with Crippen molar-refractivity contribution in [3.05, 3.63) is 76.9 Å². The Morgan fingerprint density at radius 3 is 2.50 bits per heavy atom. The largest absolute Gasteiger partial charge is 0.497 e. The lowest BCUT2D eigenvalue weighted by atomic mass is 10.2. The number of aryl methyl sites for hydroxylation is 1. The van der Waals surface area contributed by atoms with Crippen LogP contribution in [0.1, 0.15) is 15.9 Å². The Kier molecular flexibility index (Phi) is 5.39. The molecule has 0 spiro atoms. The van der Waals surface area contributed by atoms with Gasteiger partial charge in [-0.05, 0) is 61.0 Å². The number of pyridine rings is 1. The van der Waals surface area contributed by atoms with Crippen LogP contribution in [-0.4, -0.2) is 18.0 Å². The lowest BCUT2D eigenvalue weighted by Gasteiger charge is -2.10. The Hall–Kier alpha value is -3.05. The number of hydrogen-bond acceptors (Lipinski definition) is 4. The molecule has 26 heavy (non-hydrogen) atoms. The molecule has 0 aliphatic rings. The third-order valence-electron chi connectivity index (χ3n) is 3.84. The van der Waals surface area contributed by atoms with Gasteiger partial charge in [-0.15, -0.1) is 0 Å². The van der Waals surface area contributed by atoms with Crippen molar-refractivity contribution in [2.75, 3.05) is 17.7 Å². The maximum absolute atomic E-state index is 12.4. The number of hydrogen-bond donors (Lipinski definition) is 2. The fraction of sp³-hybridized carbons (Fsp3) is 0.100. The average Bonchev–Trinajstić information content (AvgIpc) is 2.66. The molecule has 1 aromatic heterocycles. The number of amides is 1. The summed E-state index contributed by atoms with van der Waals surface area (Å²) in [6.45, 7) is 1.91. The van der Waals surface area contributed by atoms with Crippen LogP contribution in [0.25, 0.3) is 0 Å². The summed E-state index contributed by atoms with van der Waals surface area (Å²) in [4.78, 5) is 16.7. The molecule has 2 aromatic carbocycles. The van der Waals surface area contributed by atoms with E-state index in [1.807, 2.05) is 37.3 Å². The number of methoxy groups -OCH3 is 1. The predicted molar refractivity (Wildman–Crippen MR) is 105 cm³/mol. The Labute approximate surface area is 157 Å². The van der Waals surface area contributed by atoms with E-state index in [2.05, 4.69) is 15.6 Å². The van der Waals surface area contributed by atoms with Crippen LogP contribution in [-0.2, 0) is 0 Å². The number of ether oxygens (including phenoxy) is 1. The maximum atomic E-state index is 12.4. The van der Waals surface area contributed by atoms with Crippen LogP contribution in [0.5, 0.6) is 5.75 Å². The number of carbonyl (C=O) groups excluding carboxylic acids is 1. The standard InChI is InChI=1S/C20H18ClN3O2/c1-13-3-5-15(21)11-18(13)24-20(25)14-4-10-19(22-12-14)23-16-6-8-17(26-2)9-7-16/h3-12H,1-2H3,(H,22,23)(H,24,25). The van der Waals surface area contributed by atoms with Crippen LogP contribution in [0.2, 0.25) is 5.02 Å². The summed E-state index contributed by atoms with van der Waals surface area (Å²) in [6.07, 6.45) is 1.53. The number of benzene rings is 2. The summed E-state index contributed by atoms with van der Waals surface area (Å²) < 4.78 is 5.13. The SMILES string of the molecule is COc1ccc(Nc2ccc(C(=O)Nc3cc(Cl)ccc3C)cn2)cc1. The molecule has 0 aliphatic heterocycles. The monoisotopic (exact) mass is 367 g/mol. The summed E-state index contributed by atoms with van der Waals surface area (Å²) in [5.74, 6) is 1.19. The zero-order chi connectivity index (χ0) is 18.5. The van der Waals surface area contributed by atoms with Crippen molar-refractivity contribution in [2.45, 2.75) is 6.92 Å². The highest BCUT2D eigenvalue weighted by atomic mass is 35.5. The Bertz CT molecular complexity index is 909. The molecule has 0 saturated carbocycles. The van der Waals surface area contributed by atoms with Gasteiger partial charge in [-0.3, -0.25) is 4.79 Å². The van der Waals surface area contributed by atoms with Crippen molar-refractivity contribution in [3.8, 4) is 5.75 Å². The van der Waals surface area contributed by atoms with Gasteiger partial charge in [0.05, 0.1) is 12.7 Å². The first-order chi connectivity index (χ1) is 12.5. The number of carbonyl (C=O) groups is 1. The van der Waals surface area contributed by atoms with Gasteiger partial charge in [-0.2, -0.15) is 0 Å². The summed E-state index contributed by atoms with van der Waals surface area (Å²) in [5.41, 5.74) is 2.96. The van der Waals surface area contributed by atoms with E-state index in [1.54, 1.807) is 31.4 Å². The fourth-order valence-electron chi connectivity index (χ4n) is 2.35. The van der Waals surface area contributed by atoms with Gasteiger partial charge in [-0.1, -0.05) is 17.7 Å². The minimum absolute atomic E-state index is 0.237. The highest BCUT2D eigenvalue weighted by Crippen LogP contribution is 2.22. The van der Waals surface area contributed by atoms with E-state index in [-0.39, 0.29) is 5.91 Å². The molecule has 6 heteroatoms. The molecule has 0 atom stereocenters. The number of rotatable bonds is 5.